The van der Waals surface area contributed by atoms with Gasteiger partial charge in [-0.15, -0.1) is 24.8 Å². The van der Waals surface area contributed by atoms with Crippen LogP contribution >= 0.6 is 36.4 Å². The molecule has 1 N–H and O–H groups in total. The Bertz CT molecular complexity index is 523. The summed E-state index contributed by atoms with van der Waals surface area (Å²) in [5, 5.41) is 15.3. The second-order valence-electron chi connectivity index (χ2n) is 6.23. The van der Waals surface area contributed by atoms with Crippen LogP contribution in [0.5, 0.6) is 0 Å². The van der Waals surface area contributed by atoms with Crippen molar-refractivity contribution in [3.8, 4) is 0 Å². The van der Waals surface area contributed by atoms with Gasteiger partial charge in [0.15, 0.2) is 0 Å². The van der Waals surface area contributed by atoms with E-state index in [4.69, 9.17) is 11.6 Å². The maximum Gasteiger partial charge on any atom is 0.274 e. The van der Waals surface area contributed by atoms with Crippen molar-refractivity contribution in [1.29, 1.82) is 0 Å². The molecule has 2 rings (SSSR count). The fraction of sp³-hybridized carbons (Fsp3) is 0.625. The molecule has 24 heavy (non-hydrogen) atoms. The standard InChI is InChI=1S/C16H24ClN3O2.2ClH/c1-12(2)3-5-15(19-9-7-18-8-10-19)14-11-13(17)4-6-16(14)20(21)22;;/h4,6,11-12,15,18H,3,5,7-10H2,1-2H3;2*1H/t15-;;/m0../s1. The van der Waals surface area contributed by atoms with Crippen LogP contribution in [0.25, 0.3) is 0 Å². The average Bonchev–Trinajstić information content (AvgIpc) is 2.48. The third kappa shape index (κ3) is 6.37. The number of hydrogen-bond donors (Lipinski definition) is 1. The summed E-state index contributed by atoms with van der Waals surface area (Å²) < 4.78 is 0. The molecule has 0 spiro atoms. The van der Waals surface area contributed by atoms with Gasteiger partial charge in [0.2, 0.25) is 0 Å². The molecule has 1 aliphatic heterocycles. The topological polar surface area (TPSA) is 58.4 Å². The van der Waals surface area contributed by atoms with Gasteiger partial charge in [-0.25, -0.2) is 0 Å². The van der Waals surface area contributed by atoms with Gasteiger partial charge < -0.3 is 5.32 Å². The van der Waals surface area contributed by atoms with Gasteiger partial charge in [-0.3, -0.25) is 15.0 Å². The van der Waals surface area contributed by atoms with E-state index in [1.807, 2.05) is 0 Å². The summed E-state index contributed by atoms with van der Waals surface area (Å²) in [5.74, 6) is 0.573. The van der Waals surface area contributed by atoms with Gasteiger partial charge in [-0.1, -0.05) is 25.4 Å². The number of hydrogen-bond acceptors (Lipinski definition) is 4. The van der Waals surface area contributed by atoms with Crippen LogP contribution in [0.3, 0.4) is 0 Å². The fourth-order valence-electron chi connectivity index (χ4n) is 2.98. The fourth-order valence-corrected chi connectivity index (χ4v) is 3.16. The first kappa shape index (κ1) is 23.4. The van der Waals surface area contributed by atoms with Crippen molar-refractivity contribution < 1.29 is 4.92 Å². The number of nitrogens with one attached hydrogen (secondary N) is 1. The third-order valence-corrected chi connectivity index (χ3v) is 4.39. The van der Waals surface area contributed by atoms with Crippen molar-refractivity contribution in [2.24, 2.45) is 5.92 Å². The molecule has 0 unspecified atom stereocenters. The molecule has 0 amide bonds. The lowest BCUT2D eigenvalue weighted by Crippen LogP contribution is -2.45. The Labute approximate surface area is 161 Å². The molecule has 0 aliphatic carbocycles. The average molecular weight is 399 g/mol. The minimum absolute atomic E-state index is 0. The van der Waals surface area contributed by atoms with E-state index in [2.05, 4.69) is 24.1 Å². The summed E-state index contributed by atoms with van der Waals surface area (Å²) in [6.07, 6.45) is 1.96. The van der Waals surface area contributed by atoms with Gasteiger partial charge in [0.05, 0.1) is 4.92 Å². The first-order valence-corrected chi connectivity index (χ1v) is 8.25. The monoisotopic (exact) mass is 397 g/mol. The SMILES string of the molecule is CC(C)CC[C@@H](c1cc(Cl)ccc1[N+](=O)[O-])N1CCNCC1.Cl.Cl. The third-order valence-electron chi connectivity index (χ3n) is 4.16. The van der Waals surface area contributed by atoms with E-state index in [1.54, 1.807) is 12.1 Å². The molecule has 0 saturated carbocycles. The Kier molecular flexibility index (Phi) is 10.8. The van der Waals surface area contributed by atoms with E-state index in [-0.39, 0.29) is 41.5 Å². The van der Waals surface area contributed by atoms with Gasteiger partial charge in [0.1, 0.15) is 0 Å². The number of benzene rings is 1. The quantitative estimate of drug-likeness (QED) is 0.567. The van der Waals surface area contributed by atoms with E-state index in [0.29, 0.717) is 10.9 Å². The van der Waals surface area contributed by atoms with E-state index >= 15 is 0 Å². The lowest BCUT2D eigenvalue weighted by atomic mass is 9.94. The van der Waals surface area contributed by atoms with E-state index in [9.17, 15) is 10.1 Å². The molecular weight excluding hydrogens is 373 g/mol. The molecule has 1 fully saturated rings. The molecule has 0 radical (unpaired) electrons. The summed E-state index contributed by atoms with van der Waals surface area (Å²) in [5.41, 5.74) is 0.928. The van der Waals surface area contributed by atoms with Gasteiger partial charge in [-0.2, -0.15) is 0 Å². The maximum absolute atomic E-state index is 11.4. The van der Waals surface area contributed by atoms with Crippen LogP contribution in [0.4, 0.5) is 5.69 Å². The first-order chi connectivity index (χ1) is 10.5. The van der Waals surface area contributed by atoms with Crippen LogP contribution in [-0.2, 0) is 0 Å². The molecule has 8 heteroatoms. The van der Waals surface area contributed by atoms with Crippen LogP contribution in [0.1, 0.15) is 38.3 Å². The number of piperazine rings is 1. The van der Waals surface area contributed by atoms with Crippen LogP contribution in [-0.4, -0.2) is 36.0 Å². The first-order valence-electron chi connectivity index (χ1n) is 7.87. The van der Waals surface area contributed by atoms with Gasteiger partial charge >= 0.3 is 0 Å². The summed E-state index contributed by atoms with van der Waals surface area (Å²) >= 11 is 6.11. The highest BCUT2D eigenvalue weighted by Crippen LogP contribution is 2.35. The van der Waals surface area contributed by atoms with E-state index in [0.717, 1.165) is 44.6 Å². The summed E-state index contributed by atoms with van der Waals surface area (Å²) in [6.45, 7) is 8.03. The molecule has 1 aliphatic rings. The van der Waals surface area contributed by atoms with Gasteiger partial charge in [-0.05, 0) is 30.9 Å². The molecule has 0 aromatic heterocycles. The molecular formula is C16H26Cl3N3O2. The lowest BCUT2D eigenvalue weighted by molar-refractivity contribution is -0.386. The van der Waals surface area contributed by atoms with Crippen LogP contribution < -0.4 is 5.32 Å². The lowest BCUT2D eigenvalue weighted by Gasteiger charge is -2.35. The predicted molar refractivity (Wildman–Crippen MR) is 104 cm³/mol. The van der Waals surface area contributed by atoms with Crippen LogP contribution in [0.15, 0.2) is 18.2 Å². The summed E-state index contributed by atoms with van der Waals surface area (Å²) in [7, 11) is 0. The minimum Gasteiger partial charge on any atom is -0.314 e. The Morgan fingerprint density at radius 2 is 1.88 bits per heavy atom. The van der Waals surface area contributed by atoms with Crippen molar-refractivity contribution in [2.45, 2.75) is 32.7 Å². The summed E-state index contributed by atoms with van der Waals surface area (Å²) in [6, 6.07) is 4.96. The maximum atomic E-state index is 11.4. The van der Waals surface area contributed by atoms with Crippen molar-refractivity contribution in [3.63, 3.8) is 0 Å². The van der Waals surface area contributed by atoms with E-state index in [1.165, 1.54) is 6.07 Å². The highest BCUT2D eigenvalue weighted by molar-refractivity contribution is 6.30. The Morgan fingerprint density at radius 3 is 2.42 bits per heavy atom. The zero-order chi connectivity index (χ0) is 16.1. The highest BCUT2D eigenvalue weighted by Gasteiger charge is 2.28. The Balaban J connectivity index is 0.00000264. The molecule has 138 valence electrons. The highest BCUT2D eigenvalue weighted by atomic mass is 35.5. The van der Waals surface area contributed by atoms with Crippen molar-refractivity contribution in [3.05, 3.63) is 38.9 Å². The van der Waals surface area contributed by atoms with Crippen molar-refractivity contribution in [1.82, 2.24) is 10.2 Å². The number of nitrogens with zero attached hydrogens (tertiary/aromatic N) is 2. The molecule has 1 heterocycles. The molecule has 1 aromatic carbocycles. The summed E-state index contributed by atoms with van der Waals surface area (Å²) in [4.78, 5) is 13.4. The molecule has 1 aromatic rings. The number of nitro benzene ring substituents is 1. The van der Waals surface area contributed by atoms with Gasteiger partial charge in [0.25, 0.3) is 5.69 Å². The molecule has 0 bridgehead atoms. The zero-order valence-corrected chi connectivity index (χ0v) is 16.4. The number of rotatable bonds is 6. The minimum atomic E-state index is -0.295. The van der Waals surface area contributed by atoms with E-state index < -0.39 is 0 Å². The van der Waals surface area contributed by atoms with Crippen molar-refractivity contribution >= 4 is 42.1 Å². The van der Waals surface area contributed by atoms with Crippen LogP contribution in [0.2, 0.25) is 5.02 Å². The smallest absolute Gasteiger partial charge is 0.274 e. The molecule has 5 nitrogen and oxygen atoms in total. The second kappa shape index (κ2) is 11.1. The normalized spacial score (nSPS) is 16.2. The predicted octanol–water partition coefficient (Wildman–Crippen LogP) is 4.47. The van der Waals surface area contributed by atoms with Crippen LogP contribution in [0, 0.1) is 16.0 Å². The molecule has 1 saturated heterocycles. The number of halogens is 3. The zero-order valence-electron chi connectivity index (χ0n) is 14.0. The Morgan fingerprint density at radius 1 is 1.25 bits per heavy atom. The molecule has 1 atom stereocenters. The van der Waals surface area contributed by atoms with Crippen molar-refractivity contribution in [2.75, 3.05) is 26.2 Å². The Hall–Kier alpha value is -0.590. The van der Waals surface area contributed by atoms with Gasteiger partial charge in [0, 0.05) is 48.9 Å². The number of nitro groups is 1. The largest absolute Gasteiger partial charge is 0.314 e. The second-order valence-corrected chi connectivity index (χ2v) is 6.67.